The van der Waals surface area contributed by atoms with Crippen LogP contribution in [0, 0.1) is 0 Å². The first-order valence-corrected chi connectivity index (χ1v) is 10.5. The van der Waals surface area contributed by atoms with Crippen molar-refractivity contribution in [2.45, 2.75) is 117 Å². The molecule has 4 heteroatoms. The fourth-order valence-electron chi connectivity index (χ4n) is 2.65. The monoisotopic (exact) mass is 368 g/mol. The molecule has 0 saturated heterocycles. The van der Waals surface area contributed by atoms with Gasteiger partial charge in [-0.05, 0) is 66.2 Å². The van der Waals surface area contributed by atoms with Gasteiger partial charge in [-0.1, -0.05) is 37.8 Å². The molecule has 152 valence electrons. The van der Waals surface area contributed by atoms with Crippen molar-refractivity contribution in [3.05, 3.63) is 12.2 Å². The van der Waals surface area contributed by atoms with Crippen LogP contribution in [0.2, 0.25) is 0 Å². The minimum Gasteiger partial charge on any atom is -0.463 e. The van der Waals surface area contributed by atoms with Crippen molar-refractivity contribution in [1.29, 1.82) is 0 Å². The van der Waals surface area contributed by atoms with E-state index in [1.165, 1.54) is 25.7 Å². The number of rotatable bonds is 16. The van der Waals surface area contributed by atoms with Crippen molar-refractivity contribution in [2.24, 2.45) is 0 Å². The molecule has 4 nitrogen and oxygen atoms in total. The van der Waals surface area contributed by atoms with Crippen molar-refractivity contribution in [3.8, 4) is 0 Å². The molecule has 0 atom stereocenters. The molecule has 0 unspecified atom stereocenters. The smallest absolute Gasteiger partial charge is 0.306 e. The van der Waals surface area contributed by atoms with Crippen LogP contribution in [-0.2, 0) is 19.1 Å². The molecule has 0 bridgehead atoms. The third-order valence-corrected chi connectivity index (χ3v) is 3.90. The van der Waals surface area contributed by atoms with Gasteiger partial charge in [0.25, 0.3) is 0 Å². The van der Waals surface area contributed by atoms with Crippen molar-refractivity contribution in [3.63, 3.8) is 0 Å². The number of esters is 2. The summed E-state index contributed by atoms with van der Waals surface area (Å²) in [4.78, 5) is 22.7. The Kier molecular flexibility index (Phi) is 16.2. The van der Waals surface area contributed by atoms with E-state index in [0.29, 0.717) is 12.8 Å². The first-order valence-electron chi connectivity index (χ1n) is 10.5. The summed E-state index contributed by atoms with van der Waals surface area (Å²) in [6.07, 6.45) is 16.7. The summed E-state index contributed by atoms with van der Waals surface area (Å²) < 4.78 is 10.2. The Morgan fingerprint density at radius 1 is 0.615 bits per heavy atom. The van der Waals surface area contributed by atoms with Crippen LogP contribution < -0.4 is 0 Å². The Labute approximate surface area is 160 Å². The third kappa shape index (κ3) is 19.0. The highest BCUT2D eigenvalue weighted by atomic mass is 16.5. The van der Waals surface area contributed by atoms with Crippen LogP contribution in [0.3, 0.4) is 0 Å². The Morgan fingerprint density at radius 2 is 0.962 bits per heavy atom. The van der Waals surface area contributed by atoms with E-state index in [9.17, 15) is 9.59 Å². The highest BCUT2D eigenvalue weighted by molar-refractivity contribution is 5.69. The van der Waals surface area contributed by atoms with E-state index in [2.05, 4.69) is 12.2 Å². The highest BCUT2D eigenvalue weighted by Crippen LogP contribution is 2.10. The van der Waals surface area contributed by atoms with Crippen LogP contribution in [0.25, 0.3) is 0 Å². The van der Waals surface area contributed by atoms with E-state index in [1.807, 2.05) is 27.7 Å². The van der Waals surface area contributed by atoms with E-state index < -0.39 is 0 Å². The molecule has 26 heavy (non-hydrogen) atoms. The van der Waals surface area contributed by atoms with Gasteiger partial charge in [0.05, 0.1) is 12.2 Å². The zero-order valence-electron chi connectivity index (χ0n) is 17.4. The second kappa shape index (κ2) is 17.1. The molecule has 0 N–H and O–H groups in total. The Morgan fingerprint density at radius 3 is 1.42 bits per heavy atom. The Hall–Kier alpha value is -1.32. The number of carbonyl (C=O) groups is 2. The molecular weight excluding hydrogens is 328 g/mol. The number of unbranched alkanes of at least 4 members (excludes halogenated alkanes) is 8. The van der Waals surface area contributed by atoms with Gasteiger partial charge in [-0.25, -0.2) is 0 Å². The maximum absolute atomic E-state index is 11.4. The summed E-state index contributed by atoms with van der Waals surface area (Å²) in [6.45, 7) is 7.53. The molecule has 0 aromatic rings. The largest absolute Gasteiger partial charge is 0.463 e. The predicted octanol–water partition coefficient (Wildman–Crippen LogP) is 6.13. The summed E-state index contributed by atoms with van der Waals surface area (Å²) in [5.74, 6) is -0.150. The maximum Gasteiger partial charge on any atom is 0.306 e. The molecule has 0 radical (unpaired) electrons. The molecule has 0 saturated carbocycles. The fraction of sp³-hybridized carbons (Fsp3) is 0.818. The van der Waals surface area contributed by atoms with Crippen molar-refractivity contribution < 1.29 is 19.1 Å². The van der Waals surface area contributed by atoms with Gasteiger partial charge in [0.2, 0.25) is 0 Å². The lowest BCUT2D eigenvalue weighted by Gasteiger charge is -2.07. The summed E-state index contributed by atoms with van der Waals surface area (Å²) in [5, 5.41) is 0. The number of hydrogen-bond donors (Lipinski definition) is 0. The standard InChI is InChI=1S/C22H40O4/c1-19(2)25-21(23)17-15-13-11-9-7-5-6-8-10-12-14-16-18-22(24)26-20(3)4/h7,9,19-20H,5-6,8,10-18H2,1-4H3/b9-7+. The average molecular weight is 369 g/mol. The first-order chi connectivity index (χ1) is 12.4. The lowest BCUT2D eigenvalue weighted by atomic mass is 10.1. The lowest BCUT2D eigenvalue weighted by Crippen LogP contribution is -2.10. The second-order valence-corrected chi connectivity index (χ2v) is 7.45. The number of hydrogen-bond acceptors (Lipinski definition) is 4. The lowest BCUT2D eigenvalue weighted by molar-refractivity contribution is -0.148. The fourth-order valence-corrected chi connectivity index (χ4v) is 2.65. The summed E-state index contributed by atoms with van der Waals surface area (Å²) in [7, 11) is 0. The molecule has 0 fully saturated rings. The minimum atomic E-state index is -0.0826. The SMILES string of the molecule is CC(C)OC(=O)CCCC/C=C/CCCCCCCCC(=O)OC(C)C. The average Bonchev–Trinajstić information content (AvgIpc) is 2.53. The van der Waals surface area contributed by atoms with Gasteiger partial charge in [-0.3, -0.25) is 9.59 Å². The zero-order valence-corrected chi connectivity index (χ0v) is 17.4. The Balaban J connectivity index is 3.29. The number of carbonyl (C=O) groups excluding carboxylic acids is 2. The molecular formula is C22H40O4. The van der Waals surface area contributed by atoms with Gasteiger partial charge in [-0.2, -0.15) is 0 Å². The van der Waals surface area contributed by atoms with E-state index in [-0.39, 0.29) is 24.1 Å². The quantitative estimate of drug-likeness (QED) is 0.187. The van der Waals surface area contributed by atoms with Gasteiger partial charge in [0.15, 0.2) is 0 Å². The molecule has 0 heterocycles. The van der Waals surface area contributed by atoms with Crippen LogP contribution >= 0.6 is 0 Å². The molecule has 0 aliphatic heterocycles. The number of ether oxygens (including phenoxy) is 2. The van der Waals surface area contributed by atoms with Gasteiger partial charge < -0.3 is 9.47 Å². The van der Waals surface area contributed by atoms with Gasteiger partial charge in [0, 0.05) is 12.8 Å². The van der Waals surface area contributed by atoms with Crippen molar-refractivity contribution >= 4 is 11.9 Å². The van der Waals surface area contributed by atoms with E-state index >= 15 is 0 Å². The summed E-state index contributed by atoms with van der Waals surface area (Å²) in [6, 6.07) is 0. The first kappa shape index (κ1) is 24.7. The van der Waals surface area contributed by atoms with Gasteiger partial charge in [-0.15, -0.1) is 0 Å². The summed E-state index contributed by atoms with van der Waals surface area (Å²) >= 11 is 0. The highest BCUT2D eigenvalue weighted by Gasteiger charge is 2.05. The molecule has 0 aromatic carbocycles. The van der Waals surface area contributed by atoms with Crippen LogP contribution in [0.5, 0.6) is 0 Å². The molecule has 0 rings (SSSR count). The summed E-state index contributed by atoms with van der Waals surface area (Å²) in [5.41, 5.74) is 0. The van der Waals surface area contributed by atoms with Crippen LogP contribution in [0.4, 0.5) is 0 Å². The topological polar surface area (TPSA) is 52.6 Å². The molecule has 0 aliphatic rings. The van der Waals surface area contributed by atoms with Crippen LogP contribution in [0.15, 0.2) is 12.2 Å². The maximum atomic E-state index is 11.4. The van der Waals surface area contributed by atoms with E-state index in [4.69, 9.17) is 9.47 Å². The van der Waals surface area contributed by atoms with Crippen molar-refractivity contribution in [1.82, 2.24) is 0 Å². The molecule has 0 aliphatic carbocycles. The predicted molar refractivity (Wildman–Crippen MR) is 107 cm³/mol. The molecule has 0 spiro atoms. The number of allylic oxidation sites excluding steroid dienone is 2. The van der Waals surface area contributed by atoms with Crippen LogP contribution in [-0.4, -0.2) is 24.1 Å². The van der Waals surface area contributed by atoms with Crippen molar-refractivity contribution in [2.75, 3.05) is 0 Å². The second-order valence-electron chi connectivity index (χ2n) is 7.45. The molecule has 0 amide bonds. The Bertz CT molecular complexity index is 386. The zero-order chi connectivity index (χ0) is 19.6. The third-order valence-electron chi connectivity index (χ3n) is 3.90. The minimum absolute atomic E-state index is 0.00283. The van der Waals surface area contributed by atoms with E-state index in [1.54, 1.807) is 0 Å². The normalized spacial score (nSPS) is 11.5. The van der Waals surface area contributed by atoms with E-state index in [0.717, 1.165) is 38.5 Å². The van der Waals surface area contributed by atoms with Gasteiger partial charge in [0.1, 0.15) is 0 Å². The molecule has 0 aromatic heterocycles. The van der Waals surface area contributed by atoms with Crippen LogP contribution in [0.1, 0.15) is 105 Å². The van der Waals surface area contributed by atoms with Gasteiger partial charge >= 0.3 is 11.9 Å².